The van der Waals surface area contributed by atoms with Crippen LogP contribution in [0, 0.1) is 5.82 Å². The number of anilines is 1. The number of hydrogen-bond acceptors (Lipinski definition) is 3. The Balaban J connectivity index is 3.08. The van der Waals surface area contributed by atoms with Gasteiger partial charge in [0.05, 0.1) is 12.6 Å². The molecule has 0 saturated carbocycles. The lowest BCUT2D eigenvalue weighted by atomic mass is 10.1. The van der Waals surface area contributed by atoms with E-state index in [-0.39, 0.29) is 12.5 Å². The van der Waals surface area contributed by atoms with Gasteiger partial charge in [-0.3, -0.25) is 4.79 Å². The van der Waals surface area contributed by atoms with Crippen molar-refractivity contribution in [3.05, 3.63) is 29.6 Å². The Morgan fingerprint density at radius 2 is 2.22 bits per heavy atom. The van der Waals surface area contributed by atoms with E-state index in [1.165, 1.54) is 12.1 Å². The minimum Gasteiger partial charge on any atom is -0.389 e. The Kier molecular flexibility index (Phi) is 5.09. The zero-order valence-electron chi connectivity index (χ0n) is 10.9. The largest absolute Gasteiger partial charge is 0.389 e. The Morgan fingerprint density at radius 1 is 1.56 bits per heavy atom. The van der Waals surface area contributed by atoms with Crippen molar-refractivity contribution >= 4 is 11.6 Å². The average molecular weight is 254 g/mol. The van der Waals surface area contributed by atoms with Gasteiger partial charge in [0, 0.05) is 24.8 Å². The smallest absolute Gasteiger partial charge is 0.239 e. The number of carbonyl (C=O) groups excluding carboxylic acids is 1. The molecule has 1 aromatic carbocycles. The van der Waals surface area contributed by atoms with Crippen LogP contribution in [0.15, 0.2) is 18.2 Å². The lowest BCUT2D eigenvalue weighted by Gasteiger charge is -2.25. The highest BCUT2D eigenvalue weighted by Gasteiger charge is 2.16. The molecule has 0 aliphatic carbocycles. The number of aliphatic hydroxyl groups excluding tert-OH is 1. The number of benzene rings is 1. The first kappa shape index (κ1) is 14.4. The molecular weight excluding hydrogens is 235 g/mol. The van der Waals surface area contributed by atoms with Gasteiger partial charge in [0.2, 0.25) is 5.91 Å². The number of hydrogen-bond donors (Lipinski definition) is 2. The van der Waals surface area contributed by atoms with Crippen molar-refractivity contribution in [2.45, 2.75) is 20.0 Å². The second-order valence-corrected chi connectivity index (χ2v) is 4.07. The van der Waals surface area contributed by atoms with Crippen molar-refractivity contribution in [3.8, 4) is 0 Å². The van der Waals surface area contributed by atoms with Crippen molar-refractivity contribution in [2.24, 2.45) is 0 Å². The fraction of sp³-hybridized carbons (Fsp3) is 0.462. The van der Waals surface area contributed by atoms with Gasteiger partial charge in [0.1, 0.15) is 5.82 Å². The van der Waals surface area contributed by atoms with Crippen LogP contribution in [0.5, 0.6) is 0 Å². The molecule has 1 unspecified atom stereocenters. The average Bonchev–Trinajstić information content (AvgIpc) is 2.35. The van der Waals surface area contributed by atoms with E-state index >= 15 is 0 Å². The van der Waals surface area contributed by atoms with Crippen LogP contribution in [0.25, 0.3) is 0 Å². The Hall–Kier alpha value is -1.62. The van der Waals surface area contributed by atoms with E-state index in [4.69, 9.17) is 0 Å². The van der Waals surface area contributed by atoms with Crippen LogP contribution in [0.4, 0.5) is 10.1 Å². The zero-order valence-corrected chi connectivity index (χ0v) is 10.9. The number of amides is 1. The molecule has 2 N–H and O–H groups in total. The van der Waals surface area contributed by atoms with Crippen LogP contribution in [-0.4, -0.2) is 31.2 Å². The first-order chi connectivity index (χ1) is 8.49. The van der Waals surface area contributed by atoms with Gasteiger partial charge in [-0.2, -0.15) is 0 Å². The lowest BCUT2D eigenvalue weighted by Crippen LogP contribution is -2.36. The number of aliphatic hydroxyl groups is 1. The first-order valence-corrected chi connectivity index (χ1v) is 5.92. The van der Waals surface area contributed by atoms with Crippen LogP contribution in [0.1, 0.15) is 25.5 Å². The first-order valence-electron chi connectivity index (χ1n) is 5.92. The Morgan fingerprint density at radius 3 is 2.72 bits per heavy atom. The zero-order chi connectivity index (χ0) is 13.7. The monoisotopic (exact) mass is 254 g/mol. The molecule has 1 amide bonds. The summed E-state index contributed by atoms with van der Waals surface area (Å²) in [6, 6.07) is 4.21. The predicted octanol–water partition coefficient (Wildman–Crippen LogP) is 1.45. The maximum atomic E-state index is 13.2. The maximum Gasteiger partial charge on any atom is 0.239 e. The van der Waals surface area contributed by atoms with E-state index < -0.39 is 11.9 Å². The van der Waals surface area contributed by atoms with E-state index in [1.807, 2.05) is 6.92 Å². The molecule has 0 aromatic heterocycles. The molecule has 0 fully saturated rings. The van der Waals surface area contributed by atoms with Crippen LogP contribution < -0.4 is 10.2 Å². The lowest BCUT2D eigenvalue weighted by molar-refractivity contribution is -0.119. The summed E-state index contributed by atoms with van der Waals surface area (Å²) in [7, 11) is 1.57. The number of carbonyl (C=O) groups is 1. The molecule has 1 atom stereocenters. The predicted molar refractivity (Wildman–Crippen MR) is 69.0 cm³/mol. The van der Waals surface area contributed by atoms with Gasteiger partial charge in [-0.25, -0.2) is 4.39 Å². The number of nitrogens with one attached hydrogen (secondary N) is 1. The van der Waals surface area contributed by atoms with Gasteiger partial charge in [-0.05, 0) is 32.0 Å². The Labute approximate surface area is 106 Å². The van der Waals surface area contributed by atoms with Crippen molar-refractivity contribution < 1.29 is 14.3 Å². The summed E-state index contributed by atoms with van der Waals surface area (Å²) in [6.07, 6.45) is -0.783. The van der Waals surface area contributed by atoms with Crippen LogP contribution in [-0.2, 0) is 4.79 Å². The topological polar surface area (TPSA) is 52.6 Å². The summed E-state index contributed by atoms with van der Waals surface area (Å²) < 4.78 is 13.2. The van der Waals surface area contributed by atoms with Gasteiger partial charge in [0.15, 0.2) is 0 Å². The molecule has 0 heterocycles. The summed E-state index contributed by atoms with van der Waals surface area (Å²) in [6.45, 7) is 4.25. The fourth-order valence-corrected chi connectivity index (χ4v) is 1.77. The SMILES string of the molecule is CCN(CC(=O)NC)c1ccc(F)cc1C(C)O. The molecule has 0 bridgehead atoms. The van der Waals surface area contributed by atoms with Gasteiger partial charge >= 0.3 is 0 Å². The van der Waals surface area contributed by atoms with Crippen LogP contribution in [0.2, 0.25) is 0 Å². The third-order valence-electron chi connectivity index (χ3n) is 2.78. The highest BCUT2D eigenvalue weighted by molar-refractivity contribution is 5.81. The minimum absolute atomic E-state index is 0.127. The summed E-state index contributed by atoms with van der Waals surface area (Å²) in [4.78, 5) is 13.2. The van der Waals surface area contributed by atoms with Gasteiger partial charge in [0.25, 0.3) is 0 Å². The van der Waals surface area contributed by atoms with Gasteiger partial charge in [-0.1, -0.05) is 0 Å². The maximum absolute atomic E-state index is 13.2. The van der Waals surface area contributed by atoms with Crippen LogP contribution in [0.3, 0.4) is 0 Å². The summed E-state index contributed by atoms with van der Waals surface area (Å²) in [5.41, 5.74) is 1.17. The van der Waals surface area contributed by atoms with Crippen molar-refractivity contribution in [2.75, 3.05) is 25.0 Å². The molecule has 18 heavy (non-hydrogen) atoms. The summed E-state index contributed by atoms with van der Waals surface area (Å²) >= 11 is 0. The number of halogens is 1. The molecule has 1 rings (SSSR count). The fourth-order valence-electron chi connectivity index (χ4n) is 1.77. The molecule has 5 heteroatoms. The third kappa shape index (κ3) is 3.43. The van der Waals surface area contributed by atoms with E-state index in [9.17, 15) is 14.3 Å². The standard InChI is InChI=1S/C13H19FN2O2/c1-4-16(8-13(18)15-3)12-6-5-10(14)7-11(12)9(2)17/h5-7,9,17H,4,8H2,1-3H3,(H,15,18). The molecule has 0 aliphatic rings. The van der Waals surface area contributed by atoms with E-state index in [0.717, 1.165) is 0 Å². The van der Waals surface area contributed by atoms with Crippen molar-refractivity contribution in [3.63, 3.8) is 0 Å². The Bertz CT molecular complexity index is 421. The number of nitrogens with zero attached hydrogens (tertiary/aromatic N) is 1. The molecule has 0 spiro atoms. The molecule has 0 aliphatic heterocycles. The second kappa shape index (κ2) is 6.35. The molecule has 1 aromatic rings. The highest BCUT2D eigenvalue weighted by Crippen LogP contribution is 2.27. The van der Waals surface area contributed by atoms with Crippen molar-refractivity contribution in [1.82, 2.24) is 5.32 Å². The van der Waals surface area contributed by atoms with E-state index in [0.29, 0.717) is 17.8 Å². The van der Waals surface area contributed by atoms with Gasteiger partial charge < -0.3 is 15.3 Å². The summed E-state index contributed by atoms with van der Waals surface area (Å²) in [5.74, 6) is -0.525. The third-order valence-corrected chi connectivity index (χ3v) is 2.78. The van der Waals surface area contributed by atoms with Crippen molar-refractivity contribution in [1.29, 1.82) is 0 Å². The van der Waals surface area contributed by atoms with Gasteiger partial charge in [-0.15, -0.1) is 0 Å². The summed E-state index contributed by atoms with van der Waals surface area (Å²) in [5, 5.41) is 12.2. The van der Waals surface area contributed by atoms with E-state index in [1.54, 1.807) is 24.9 Å². The molecular formula is C13H19FN2O2. The highest BCUT2D eigenvalue weighted by atomic mass is 19.1. The number of rotatable bonds is 5. The normalized spacial score (nSPS) is 12.1. The molecule has 0 saturated heterocycles. The molecule has 100 valence electrons. The number of likely N-dealkylation sites (N-methyl/N-ethyl adjacent to an activating group) is 2. The van der Waals surface area contributed by atoms with Crippen LogP contribution >= 0.6 is 0 Å². The second-order valence-electron chi connectivity index (χ2n) is 4.07. The van der Waals surface area contributed by atoms with E-state index in [2.05, 4.69) is 5.32 Å². The molecule has 0 radical (unpaired) electrons. The molecule has 4 nitrogen and oxygen atoms in total. The quantitative estimate of drug-likeness (QED) is 0.836. The minimum atomic E-state index is -0.783.